The van der Waals surface area contributed by atoms with Crippen LogP contribution in [0.4, 0.5) is 10.5 Å². The first-order chi connectivity index (χ1) is 14.4. The number of carbonyl (C=O) groups excluding carboxylic acids is 3. The number of nitrogens with zero attached hydrogens (tertiary/aromatic N) is 2. The third-order valence-electron chi connectivity index (χ3n) is 4.34. The van der Waals surface area contributed by atoms with Crippen molar-refractivity contribution in [2.75, 3.05) is 5.32 Å². The predicted octanol–water partition coefficient (Wildman–Crippen LogP) is 2.69. The lowest BCUT2D eigenvalue weighted by Gasteiger charge is -2.08. The van der Waals surface area contributed by atoms with Crippen LogP contribution in [0.3, 0.4) is 0 Å². The molecule has 0 saturated heterocycles. The molecule has 8 heteroatoms. The van der Waals surface area contributed by atoms with E-state index in [-0.39, 0.29) is 18.0 Å². The van der Waals surface area contributed by atoms with E-state index in [1.807, 2.05) is 60.8 Å². The van der Waals surface area contributed by atoms with Crippen LogP contribution >= 0.6 is 0 Å². The van der Waals surface area contributed by atoms with Gasteiger partial charge in [-0.25, -0.2) is 4.79 Å². The average Bonchev–Trinajstić information content (AvgIpc) is 3.02. The Labute approximate surface area is 172 Å². The summed E-state index contributed by atoms with van der Waals surface area (Å²) in [7, 11) is 0. The lowest BCUT2D eigenvalue weighted by Crippen LogP contribution is -2.35. The third kappa shape index (κ3) is 4.72. The number of urea groups is 1. The second kappa shape index (κ2) is 8.75. The number of amides is 4. The highest BCUT2D eigenvalue weighted by atomic mass is 16.2. The number of rotatable bonds is 5. The Balaban J connectivity index is 1.91. The van der Waals surface area contributed by atoms with E-state index in [0.29, 0.717) is 11.3 Å². The van der Waals surface area contributed by atoms with E-state index in [1.54, 1.807) is 16.8 Å². The minimum atomic E-state index is -1.05. The third-order valence-corrected chi connectivity index (χ3v) is 4.34. The van der Waals surface area contributed by atoms with E-state index in [0.717, 1.165) is 16.5 Å². The molecule has 4 N–H and O–H groups in total. The lowest BCUT2D eigenvalue weighted by molar-refractivity contribution is -0.117. The number of hydrogen-bond donors (Lipinski definition) is 3. The smallest absolute Gasteiger partial charge is 0.319 e. The van der Waals surface area contributed by atoms with Gasteiger partial charge in [0.2, 0.25) is 5.91 Å². The van der Waals surface area contributed by atoms with Crippen molar-refractivity contribution in [3.05, 3.63) is 71.4 Å². The molecule has 1 heterocycles. The number of hydrogen-bond acceptors (Lipinski definition) is 4. The zero-order valence-electron chi connectivity index (χ0n) is 16.2. The normalized spacial score (nSPS) is 11.0. The Bertz CT molecular complexity index is 1220. The molecule has 0 spiro atoms. The maximum atomic E-state index is 12.5. The standard InChI is InChI=1S/C22H19N5O3/c1-14-5-4-6-17(9-14)25-20(28)13-27-12-16(18-7-2-3-8-19(18)27)10-15(11-23)21(29)26-22(24)30/h2-10,12H,13H2,1H3,(H,25,28)(H3,24,26,29,30)/b15-10-. The van der Waals surface area contributed by atoms with Gasteiger partial charge >= 0.3 is 6.03 Å². The molecular formula is C22H19N5O3. The summed E-state index contributed by atoms with van der Waals surface area (Å²) in [6.45, 7) is 1.98. The first-order valence-corrected chi connectivity index (χ1v) is 9.04. The summed E-state index contributed by atoms with van der Waals surface area (Å²) in [6.07, 6.45) is 3.03. The first-order valence-electron chi connectivity index (χ1n) is 9.04. The van der Waals surface area contributed by atoms with Crippen LogP contribution < -0.4 is 16.4 Å². The molecule has 0 unspecified atom stereocenters. The Morgan fingerprint density at radius 3 is 2.63 bits per heavy atom. The SMILES string of the molecule is Cc1cccc(NC(=O)Cn2cc(/C=C(/C#N)C(=O)NC(N)=O)c3ccccc32)c1. The topological polar surface area (TPSA) is 130 Å². The van der Waals surface area contributed by atoms with Gasteiger partial charge in [0.25, 0.3) is 5.91 Å². The summed E-state index contributed by atoms with van der Waals surface area (Å²) in [4.78, 5) is 35.4. The first kappa shape index (κ1) is 20.4. The molecule has 30 heavy (non-hydrogen) atoms. The van der Waals surface area contributed by atoms with Crippen LogP contribution in [0.15, 0.2) is 60.3 Å². The summed E-state index contributed by atoms with van der Waals surface area (Å²) in [5.41, 5.74) is 7.72. The van der Waals surface area contributed by atoms with Crippen molar-refractivity contribution in [1.29, 1.82) is 5.26 Å². The molecule has 0 radical (unpaired) electrons. The minimum absolute atomic E-state index is 0.0393. The van der Waals surface area contributed by atoms with Crippen LogP contribution in [-0.4, -0.2) is 22.4 Å². The van der Waals surface area contributed by atoms with E-state index in [4.69, 9.17) is 5.73 Å². The van der Waals surface area contributed by atoms with Gasteiger partial charge in [-0.1, -0.05) is 30.3 Å². The molecule has 0 atom stereocenters. The fraction of sp³-hybridized carbons (Fsp3) is 0.0909. The van der Waals surface area contributed by atoms with Gasteiger partial charge in [0, 0.05) is 28.4 Å². The number of imide groups is 1. The van der Waals surface area contributed by atoms with E-state index in [2.05, 4.69) is 5.32 Å². The van der Waals surface area contributed by atoms with E-state index < -0.39 is 11.9 Å². The molecule has 0 fully saturated rings. The van der Waals surface area contributed by atoms with Gasteiger partial charge in [0.05, 0.1) is 0 Å². The highest BCUT2D eigenvalue weighted by molar-refractivity contribution is 6.09. The van der Waals surface area contributed by atoms with Crippen molar-refractivity contribution in [2.24, 2.45) is 5.73 Å². The molecule has 0 aliphatic carbocycles. The van der Waals surface area contributed by atoms with Crippen molar-refractivity contribution in [3.63, 3.8) is 0 Å². The van der Waals surface area contributed by atoms with Gasteiger partial charge in [-0.05, 0) is 36.8 Å². The highest BCUT2D eigenvalue weighted by Crippen LogP contribution is 2.24. The van der Waals surface area contributed by atoms with E-state index in [9.17, 15) is 19.6 Å². The quantitative estimate of drug-likeness (QED) is 0.448. The molecule has 2 aromatic carbocycles. The van der Waals surface area contributed by atoms with E-state index >= 15 is 0 Å². The number of aromatic nitrogens is 1. The fourth-order valence-corrected chi connectivity index (χ4v) is 3.08. The van der Waals surface area contributed by atoms with Crippen molar-refractivity contribution < 1.29 is 14.4 Å². The Morgan fingerprint density at radius 2 is 1.93 bits per heavy atom. The van der Waals surface area contributed by atoms with Crippen molar-refractivity contribution in [2.45, 2.75) is 13.5 Å². The minimum Gasteiger partial charge on any atom is -0.351 e. The fourth-order valence-electron chi connectivity index (χ4n) is 3.08. The summed E-state index contributed by atoms with van der Waals surface area (Å²) in [6, 6.07) is 15.5. The number of benzene rings is 2. The number of nitrogens with two attached hydrogens (primary N) is 1. The maximum absolute atomic E-state index is 12.5. The monoisotopic (exact) mass is 401 g/mol. The number of nitriles is 1. The summed E-state index contributed by atoms with van der Waals surface area (Å²) in [5.74, 6) is -1.11. The van der Waals surface area contributed by atoms with Crippen molar-refractivity contribution in [1.82, 2.24) is 9.88 Å². The van der Waals surface area contributed by atoms with Crippen LogP contribution in [0.25, 0.3) is 17.0 Å². The van der Waals surface area contributed by atoms with Gasteiger partial charge in [0.1, 0.15) is 18.2 Å². The number of nitrogens with one attached hydrogen (secondary N) is 2. The van der Waals surface area contributed by atoms with Crippen molar-refractivity contribution in [3.8, 4) is 6.07 Å². The summed E-state index contributed by atoms with van der Waals surface area (Å²) >= 11 is 0. The van der Waals surface area contributed by atoms with E-state index in [1.165, 1.54) is 6.08 Å². The molecule has 150 valence electrons. The maximum Gasteiger partial charge on any atom is 0.319 e. The highest BCUT2D eigenvalue weighted by Gasteiger charge is 2.15. The number of carbonyl (C=O) groups is 3. The molecule has 0 aliphatic heterocycles. The number of para-hydroxylation sites is 1. The molecule has 0 bridgehead atoms. The Kier molecular flexibility index (Phi) is 5.94. The second-order valence-corrected chi connectivity index (χ2v) is 6.64. The molecule has 0 saturated carbocycles. The predicted molar refractivity (Wildman–Crippen MR) is 113 cm³/mol. The van der Waals surface area contributed by atoms with Crippen LogP contribution in [0.2, 0.25) is 0 Å². The molecule has 0 aliphatic rings. The Hall–Kier alpha value is -4.38. The number of anilines is 1. The van der Waals surface area contributed by atoms with Gasteiger partial charge in [0.15, 0.2) is 0 Å². The molecule has 4 amide bonds. The van der Waals surface area contributed by atoms with Gasteiger partial charge in [-0.3, -0.25) is 14.9 Å². The number of fused-ring (bicyclic) bond motifs is 1. The number of aryl methyl sites for hydroxylation is 1. The van der Waals surface area contributed by atoms with Gasteiger partial charge < -0.3 is 15.6 Å². The molecule has 1 aromatic heterocycles. The lowest BCUT2D eigenvalue weighted by atomic mass is 10.1. The van der Waals surface area contributed by atoms with Crippen LogP contribution in [0.1, 0.15) is 11.1 Å². The Morgan fingerprint density at radius 1 is 1.17 bits per heavy atom. The summed E-state index contributed by atoms with van der Waals surface area (Å²) < 4.78 is 1.73. The van der Waals surface area contributed by atoms with Crippen molar-refractivity contribution >= 4 is 40.5 Å². The molecule has 8 nitrogen and oxygen atoms in total. The average molecular weight is 401 g/mol. The second-order valence-electron chi connectivity index (χ2n) is 6.64. The number of primary amides is 1. The largest absolute Gasteiger partial charge is 0.351 e. The van der Waals surface area contributed by atoms with Crippen LogP contribution in [-0.2, 0) is 16.1 Å². The molecule has 3 aromatic rings. The molecule has 3 rings (SSSR count). The zero-order valence-corrected chi connectivity index (χ0v) is 16.2. The molecular weight excluding hydrogens is 382 g/mol. The van der Waals surface area contributed by atoms with Crippen LogP contribution in [0, 0.1) is 18.3 Å². The zero-order chi connectivity index (χ0) is 21.7. The van der Waals surface area contributed by atoms with Crippen LogP contribution in [0.5, 0.6) is 0 Å². The van der Waals surface area contributed by atoms with Gasteiger partial charge in [-0.15, -0.1) is 0 Å². The van der Waals surface area contributed by atoms with Gasteiger partial charge in [-0.2, -0.15) is 5.26 Å². The summed E-state index contributed by atoms with van der Waals surface area (Å²) in [5, 5.41) is 14.8.